The average molecular weight is 274 g/mol. The van der Waals surface area contributed by atoms with Crippen LogP contribution in [0.3, 0.4) is 0 Å². The van der Waals surface area contributed by atoms with Crippen LogP contribution in [0.2, 0.25) is 0 Å². The molecule has 0 amide bonds. The summed E-state index contributed by atoms with van der Waals surface area (Å²) in [6.07, 6.45) is 0. The van der Waals surface area contributed by atoms with E-state index in [2.05, 4.69) is 5.10 Å². The van der Waals surface area contributed by atoms with E-state index in [9.17, 15) is 9.59 Å². The van der Waals surface area contributed by atoms with Crippen LogP contribution in [-0.4, -0.2) is 33.7 Å². The smallest absolute Gasteiger partial charge is 0.356 e. The Morgan fingerprint density at radius 2 is 2.10 bits per heavy atom. The number of ether oxygens (including phenoxy) is 1. The Kier molecular flexibility index (Phi) is 3.84. The molecule has 0 aliphatic rings. The third-order valence-corrected chi connectivity index (χ3v) is 2.83. The zero-order valence-corrected chi connectivity index (χ0v) is 11.2. The van der Waals surface area contributed by atoms with Crippen LogP contribution >= 0.6 is 0 Å². The van der Waals surface area contributed by atoms with E-state index >= 15 is 0 Å². The first-order valence-corrected chi connectivity index (χ1v) is 5.96. The van der Waals surface area contributed by atoms with Crippen molar-refractivity contribution in [3.05, 3.63) is 47.3 Å². The number of nitrogens with zero attached hydrogens (tertiary/aromatic N) is 2. The van der Waals surface area contributed by atoms with Crippen LogP contribution in [0.5, 0.6) is 5.75 Å². The number of hydrogen-bond acceptors (Lipinski definition) is 4. The number of methoxy groups -OCH3 is 1. The molecule has 0 aliphatic heterocycles. The Morgan fingerprint density at radius 1 is 1.35 bits per heavy atom. The predicted octanol–water partition coefficient (Wildman–Crippen LogP) is 1.84. The molecule has 1 N–H and O–H groups in total. The Bertz CT molecular complexity index is 661. The van der Waals surface area contributed by atoms with Gasteiger partial charge < -0.3 is 9.84 Å². The molecule has 0 aliphatic carbocycles. The van der Waals surface area contributed by atoms with E-state index in [-0.39, 0.29) is 17.2 Å². The molecule has 0 radical (unpaired) electrons. The molecule has 0 unspecified atom stereocenters. The molecule has 20 heavy (non-hydrogen) atoms. The molecule has 104 valence electrons. The number of carbonyl (C=O) groups excluding carboxylic acids is 1. The summed E-state index contributed by atoms with van der Waals surface area (Å²) in [5, 5.41) is 12.9. The first-order chi connectivity index (χ1) is 9.51. The van der Waals surface area contributed by atoms with Crippen molar-refractivity contribution in [2.24, 2.45) is 0 Å². The summed E-state index contributed by atoms with van der Waals surface area (Å²) in [4.78, 5) is 22.5. The van der Waals surface area contributed by atoms with Gasteiger partial charge in [-0.05, 0) is 17.7 Å². The highest BCUT2D eigenvalue weighted by atomic mass is 16.5. The van der Waals surface area contributed by atoms with Crippen LogP contribution in [0.15, 0.2) is 30.3 Å². The number of rotatable bonds is 5. The maximum absolute atomic E-state index is 11.5. The number of benzene rings is 1. The van der Waals surface area contributed by atoms with Crippen LogP contribution in [-0.2, 0) is 6.54 Å². The SMILES string of the molecule is COc1cccc(Cn2nc(C(=O)O)cc2C(C)=O)c1. The van der Waals surface area contributed by atoms with Gasteiger partial charge in [0.15, 0.2) is 11.5 Å². The molecule has 0 saturated carbocycles. The summed E-state index contributed by atoms with van der Waals surface area (Å²) in [5.41, 5.74) is 0.996. The summed E-state index contributed by atoms with van der Waals surface area (Å²) in [7, 11) is 1.57. The van der Waals surface area contributed by atoms with Gasteiger partial charge in [-0.1, -0.05) is 12.1 Å². The van der Waals surface area contributed by atoms with E-state index in [1.165, 1.54) is 17.7 Å². The third kappa shape index (κ3) is 2.85. The van der Waals surface area contributed by atoms with E-state index in [0.717, 1.165) is 5.56 Å². The third-order valence-electron chi connectivity index (χ3n) is 2.83. The number of hydrogen-bond donors (Lipinski definition) is 1. The van der Waals surface area contributed by atoms with Crippen molar-refractivity contribution < 1.29 is 19.4 Å². The highest BCUT2D eigenvalue weighted by Gasteiger charge is 2.16. The minimum atomic E-state index is -1.16. The van der Waals surface area contributed by atoms with Crippen molar-refractivity contribution in [1.29, 1.82) is 0 Å². The number of aromatic nitrogens is 2. The zero-order valence-electron chi connectivity index (χ0n) is 11.2. The van der Waals surface area contributed by atoms with Gasteiger partial charge in [-0.2, -0.15) is 5.10 Å². The summed E-state index contributed by atoms with van der Waals surface area (Å²) >= 11 is 0. The van der Waals surface area contributed by atoms with Crippen LogP contribution in [0.4, 0.5) is 0 Å². The van der Waals surface area contributed by atoms with Gasteiger partial charge in [-0.25, -0.2) is 4.79 Å². The monoisotopic (exact) mass is 274 g/mol. The summed E-state index contributed by atoms with van der Waals surface area (Å²) in [6, 6.07) is 8.58. The van der Waals surface area contributed by atoms with E-state index in [0.29, 0.717) is 12.3 Å². The molecule has 2 rings (SSSR count). The van der Waals surface area contributed by atoms with Gasteiger partial charge in [-0.15, -0.1) is 0 Å². The van der Waals surface area contributed by atoms with Crippen LogP contribution in [0, 0.1) is 0 Å². The van der Waals surface area contributed by atoms with Gasteiger partial charge in [-0.3, -0.25) is 9.48 Å². The molecule has 0 fully saturated rings. The van der Waals surface area contributed by atoms with Crippen LogP contribution in [0.1, 0.15) is 33.5 Å². The van der Waals surface area contributed by atoms with Crippen molar-refractivity contribution >= 4 is 11.8 Å². The molecule has 1 heterocycles. The molecule has 0 saturated heterocycles. The minimum Gasteiger partial charge on any atom is -0.497 e. The predicted molar refractivity (Wildman–Crippen MR) is 71.3 cm³/mol. The fraction of sp³-hybridized carbons (Fsp3) is 0.214. The highest BCUT2D eigenvalue weighted by molar-refractivity contribution is 5.95. The van der Waals surface area contributed by atoms with E-state index in [1.807, 2.05) is 18.2 Å². The molecule has 1 aromatic heterocycles. The second-order valence-corrected chi connectivity index (χ2v) is 4.29. The van der Waals surface area contributed by atoms with Crippen molar-refractivity contribution in [1.82, 2.24) is 9.78 Å². The quantitative estimate of drug-likeness (QED) is 0.841. The first-order valence-electron chi connectivity index (χ1n) is 5.96. The Morgan fingerprint density at radius 3 is 2.70 bits per heavy atom. The van der Waals surface area contributed by atoms with Gasteiger partial charge in [0.05, 0.1) is 13.7 Å². The lowest BCUT2D eigenvalue weighted by Crippen LogP contribution is -2.10. The topological polar surface area (TPSA) is 81.4 Å². The van der Waals surface area contributed by atoms with Gasteiger partial charge >= 0.3 is 5.97 Å². The van der Waals surface area contributed by atoms with Crippen molar-refractivity contribution in [3.8, 4) is 5.75 Å². The highest BCUT2D eigenvalue weighted by Crippen LogP contribution is 2.15. The van der Waals surface area contributed by atoms with Crippen LogP contribution in [0.25, 0.3) is 0 Å². The molecule has 0 bridgehead atoms. The number of carbonyl (C=O) groups is 2. The maximum atomic E-state index is 11.5. The summed E-state index contributed by atoms with van der Waals surface area (Å²) in [5.74, 6) is -0.692. The van der Waals surface area contributed by atoms with E-state index in [1.54, 1.807) is 13.2 Å². The number of carboxylic acids is 1. The minimum absolute atomic E-state index is 0.141. The molecule has 0 atom stereocenters. The van der Waals surface area contributed by atoms with Gasteiger partial charge in [0.25, 0.3) is 0 Å². The zero-order chi connectivity index (χ0) is 14.7. The lowest BCUT2D eigenvalue weighted by atomic mass is 10.2. The standard InChI is InChI=1S/C14H14N2O4/c1-9(17)13-7-12(14(18)19)15-16(13)8-10-4-3-5-11(6-10)20-2/h3-7H,8H2,1-2H3,(H,18,19). The lowest BCUT2D eigenvalue weighted by molar-refractivity contribution is 0.0689. The number of carboxylic acid groups (broad SMARTS) is 1. The second kappa shape index (κ2) is 5.56. The Balaban J connectivity index is 2.36. The first kappa shape index (κ1) is 13.8. The fourth-order valence-corrected chi connectivity index (χ4v) is 1.87. The van der Waals surface area contributed by atoms with Gasteiger partial charge in [0, 0.05) is 13.0 Å². The largest absolute Gasteiger partial charge is 0.497 e. The number of Topliss-reactive ketones (excluding diaryl/α,β-unsaturated/α-hetero) is 1. The molecule has 0 spiro atoms. The Hall–Kier alpha value is -2.63. The maximum Gasteiger partial charge on any atom is 0.356 e. The number of ketones is 1. The van der Waals surface area contributed by atoms with Crippen molar-refractivity contribution in [2.75, 3.05) is 7.11 Å². The molecule has 2 aromatic rings. The normalized spacial score (nSPS) is 10.3. The molecular formula is C14H14N2O4. The van der Waals surface area contributed by atoms with Gasteiger partial charge in [0.2, 0.25) is 0 Å². The lowest BCUT2D eigenvalue weighted by Gasteiger charge is -2.07. The summed E-state index contributed by atoms with van der Waals surface area (Å²) in [6.45, 7) is 1.68. The average Bonchev–Trinajstić information content (AvgIpc) is 2.83. The molecular weight excluding hydrogens is 260 g/mol. The molecule has 1 aromatic carbocycles. The second-order valence-electron chi connectivity index (χ2n) is 4.29. The van der Waals surface area contributed by atoms with Gasteiger partial charge in [0.1, 0.15) is 11.4 Å². The van der Waals surface area contributed by atoms with Crippen LogP contribution < -0.4 is 4.74 Å². The summed E-state index contributed by atoms with van der Waals surface area (Å²) < 4.78 is 6.51. The Labute approximate surface area is 115 Å². The van der Waals surface area contributed by atoms with Crippen molar-refractivity contribution in [2.45, 2.75) is 13.5 Å². The van der Waals surface area contributed by atoms with Crippen molar-refractivity contribution in [3.63, 3.8) is 0 Å². The molecule has 6 nitrogen and oxygen atoms in total. The van der Waals surface area contributed by atoms with E-state index < -0.39 is 5.97 Å². The van der Waals surface area contributed by atoms with E-state index in [4.69, 9.17) is 9.84 Å². The fourth-order valence-electron chi connectivity index (χ4n) is 1.87. The molecule has 6 heteroatoms. The number of aromatic carboxylic acids is 1.